The van der Waals surface area contributed by atoms with Gasteiger partial charge in [-0.15, -0.1) is 0 Å². The standard InChI is InChI=1S/C18H21F3N6O3S/c19-18(20,21)14-4-1-2-5-15(14)25-17(28)24-8-13-31(29,30)27-11-9-26(10-12-27)16-22-6-3-7-23-16/h1-7H,8-13H2,(H2,24,25,28). The number of para-hydroxylation sites is 1. The summed E-state index contributed by atoms with van der Waals surface area (Å²) in [7, 11) is -3.65. The van der Waals surface area contributed by atoms with Crippen molar-refractivity contribution in [2.75, 3.05) is 48.7 Å². The number of anilines is 2. The number of nitrogens with zero attached hydrogens (tertiary/aromatic N) is 4. The molecule has 3 rings (SSSR count). The maximum Gasteiger partial charge on any atom is 0.418 e. The van der Waals surface area contributed by atoms with Gasteiger partial charge in [0.2, 0.25) is 16.0 Å². The van der Waals surface area contributed by atoms with Crippen molar-refractivity contribution in [2.45, 2.75) is 6.18 Å². The van der Waals surface area contributed by atoms with Crippen molar-refractivity contribution in [3.8, 4) is 0 Å². The van der Waals surface area contributed by atoms with E-state index in [1.807, 2.05) is 4.90 Å². The molecule has 0 unspecified atom stereocenters. The molecule has 2 heterocycles. The molecule has 1 aliphatic rings. The van der Waals surface area contributed by atoms with Crippen molar-refractivity contribution in [1.29, 1.82) is 0 Å². The molecule has 2 aromatic rings. The number of urea groups is 1. The van der Waals surface area contributed by atoms with Gasteiger partial charge >= 0.3 is 12.2 Å². The van der Waals surface area contributed by atoms with Crippen LogP contribution in [0.25, 0.3) is 0 Å². The summed E-state index contributed by atoms with van der Waals surface area (Å²) in [6.45, 7) is 1.08. The van der Waals surface area contributed by atoms with Gasteiger partial charge in [0.25, 0.3) is 0 Å². The molecule has 0 spiro atoms. The Hall–Kier alpha value is -2.93. The second-order valence-electron chi connectivity index (χ2n) is 6.68. The van der Waals surface area contributed by atoms with Gasteiger partial charge in [-0.05, 0) is 18.2 Å². The summed E-state index contributed by atoms with van der Waals surface area (Å²) in [5.74, 6) is 0.153. The summed E-state index contributed by atoms with van der Waals surface area (Å²) in [4.78, 5) is 22.1. The summed E-state index contributed by atoms with van der Waals surface area (Å²) in [6, 6.07) is 5.31. The third-order valence-corrected chi connectivity index (χ3v) is 6.47. The van der Waals surface area contributed by atoms with Crippen LogP contribution < -0.4 is 15.5 Å². The molecule has 9 nitrogen and oxygen atoms in total. The number of halogens is 3. The first-order valence-corrected chi connectivity index (χ1v) is 11.0. The number of nitrogens with one attached hydrogen (secondary N) is 2. The van der Waals surface area contributed by atoms with Crippen molar-refractivity contribution < 1.29 is 26.4 Å². The normalized spacial score (nSPS) is 15.5. The summed E-state index contributed by atoms with van der Waals surface area (Å²) in [5.41, 5.74) is -1.40. The molecule has 0 radical (unpaired) electrons. The lowest BCUT2D eigenvalue weighted by molar-refractivity contribution is -0.136. The number of benzene rings is 1. The Morgan fingerprint density at radius 3 is 2.32 bits per heavy atom. The maximum absolute atomic E-state index is 13.0. The zero-order chi connectivity index (χ0) is 22.5. The van der Waals surface area contributed by atoms with E-state index < -0.39 is 33.5 Å². The van der Waals surface area contributed by atoms with Gasteiger partial charge < -0.3 is 15.5 Å². The molecule has 1 aromatic heterocycles. The number of carbonyl (C=O) groups is 1. The highest BCUT2D eigenvalue weighted by Crippen LogP contribution is 2.34. The Balaban J connectivity index is 1.48. The molecule has 2 N–H and O–H groups in total. The van der Waals surface area contributed by atoms with E-state index in [4.69, 9.17) is 0 Å². The minimum absolute atomic E-state index is 0.242. The molecule has 1 aromatic carbocycles. The lowest BCUT2D eigenvalue weighted by Gasteiger charge is -2.33. The lowest BCUT2D eigenvalue weighted by atomic mass is 10.1. The van der Waals surface area contributed by atoms with E-state index in [2.05, 4.69) is 20.6 Å². The third-order valence-electron chi connectivity index (χ3n) is 4.59. The molecule has 0 atom stereocenters. The summed E-state index contributed by atoms with van der Waals surface area (Å²) < 4.78 is 65.3. The molecule has 31 heavy (non-hydrogen) atoms. The monoisotopic (exact) mass is 458 g/mol. The first kappa shape index (κ1) is 22.7. The fraction of sp³-hybridized carbons (Fsp3) is 0.389. The predicted octanol–water partition coefficient (Wildman–Crippen LogP) is 1.77. The molecule has 1 fully saturated rings. The van der Waals surface area contributed by atoms with Crippen LogP contribution in [0.4, 0.5) is 29.6 Å². The number of piperazine rings is 1. The molecular formula is C18H21F3N6O3S. The van der Waals surface area contributed by atoms with Crippen LogP contribution >= 0.6 is 0 Å². The molecule has 2 amide bonds. The second-order valence-corrected chi connectivity index (χ2v) is 8.76. The number of amides is 2. The molecule has 1 saturated heterocycles. The van der Waals surface area contributed by atoms with Gasteiger partial charge in [-0.1, -0.05) is 12.1 Å². The molecule has 0 bridgehead atoms. The van der Waals surface area contributed by atoms with Crippen molar-refractivity contribution in [3.05, 3.63) is 48.3 Å². The molecular weight excluding hydrogens is 437 g/mol. The third kappa shape index (κ3) is 6.04. The topological polar surface area (TPSA) is 108 Å². The van der Waals surface area contributed by atoms with E-state index in [1.54, 1.807) is 18.5 Å². The van der Waals surface area contributed by atoms with Crippen LogP contribution in [-0.4, -0.2) is 67.2 Å². The van der Waals surface area contributed by atoms with Crippen molar-refractivity contribution in [3.63, 3.8) is 0 Å². The van der Waals surface area contributed by atoms with Gasteiger partial charge in [0.05, 0.1) is 17.0 Å². The van der Waals surface area contributed by atoms with Crippen molar-refractivity contribution in [2.24, 2.45) is 0 Å². The van der Waals surface area contributed by atoms with Crippen LogP contribution in [0.15, 0.2) is 42.7 Å². The molecule has 1 aliphatic heterocycles. The second kappa shape index (κ2) is 9.47. The zero-order valence-electron chi connectivity index (χ0n) is 16.3. The maximum atomic E-state index is 13.0. The number of hydrogen-bond donors (Lipinski definition) is 2. The van der Waals surface area contributed by atoms with E-state index in [-0.39, 0.29) is 25.4 Å². The molecule has 13 heteroatoms. The smallest absolute Gasteiger partial charge is 0.338 e. The SMILES string of the molecule is O=C(NCCS(=O)(=O)N1CCN(c2ncccn2)CC1)Nc1ccccc1C(F)(F)F. The minimum atomic E-state index is -4.62. The highest BCUT2D eigenvalue weighted by Gasteiger charge is 2.33. The Kier molecular flexibility index (Phi) is 6.95. The Morgan fingerprint density at radius 2 is 1.68 bits per heavy atom. The van der Waals surface area contributed by atoms with E-state index >= 15 is 0 Å². The Morgan fingerprint density at radius 1 is 1.03 bits per heavy atom. The number of hydrogen-bond acceptors (Lipinski definition) is 6. The zero-order valence-corrected chi connectivity index (χ0v) is 17.2. The van der Waals surface area contributed by atoms with Crippen LogP contribution in [0.3, 0.4) is 0 Å². The number of carbonyl (C=O) groups excluding carboxylic acids is 1. The average Bonchev–Trinajstić information content (AvgIpc) is 2.74. The number of rotatable bonds is 6. The highest BCUT2D eigenvalue weighted by molar-refractivity contribution is 7.89. The van der Waals surface area contributed by atoms with Gasteiger partial charge in [-0.25, -0.2) is 23.2 Å². The first-order chi connectivity index (χ1) is 14.7. The Labute approximate surface area is 177 Å². The van der Waals surface area contributed by atoms with Crippen LogP contribution in [0.1, 0.15) is 5.56 Å². The van der Waals surface area contributed by atoms with E-state index in [1.165, 1.54) is 16.4 Å². The van der Waals surface area contributed by atoms with Crippen LogP contribution in [-0.2, 0) is 16.2 Å². The van der Waals surface area contributed by atoms with Crippen LogP contribution in [0.5, 0.6) is 0 Å². The van der Waals surface area contributed by atoms with Gasteiger partial charge in [0.15, 0.2) is 0 Å². The van der Waals surface area contributed by atoms with E-state index in [9.17, 15) is 26.4 Å². The fourth-order valence-corrected chi connectivity index (χ4v) is 4.39. The molecule has 0 saturated carbocycles. The van der Waals surface area contributed by atoms with Crippen molar-refractivity contribution >= 4 is 27.7 Å². The number of alkyl halides is 3. The average molecular weight is 458 g/mol. The largest absolute Gasteiger partial charge is 0.418 e. The number of sulfonamides is 1. The lowest BCUT2D eigenvalue weighted by Crippen LogP contribution is -2.50. The van der Waals surface area contributed by atoms with Gasteiger partial charge in [-0.3, -0.25) is 0 Å². The molecule has 0 aliphatic carbocycles. The number of aromatic nitrogens is 2. The summed E-state index contributed by atoms with van der Waals surface area (Å²) >= 11 is 0. The predicted molar refractivity (Wildman–Crippen MR) is 108 cm³/mol. The van der Waals surface area contributed by atoms with Crippen molar-refractivity contribution in [1.82, 2.24) is 19.6 Å². The first-order valence-electron chi connectivity index (χ1n) is 9.38. The summed E-state index contributed by atoms with van der Waals surface area (Å²) in [5, 5.41) is 4.39. The minimum Gasteiger partial charge on any atom is -0.338 e. The fourth-order valence-electron chi connectivity index (χ4n) is 3.05. The van der Waals surface area contributed by atoms with Gasteiger partial charge in [0.1, 0.15) is 0 Å². The molecule has 168 valence electrons. The quantitative estimate of drug-likeness (QED) is 0.683. The van der Waals surface area contributed by atoms with Gasteiger partial charge in [-0.2, -0.15) is 17.5 Å². The Bertz CT molecular complexity index is 996. The highest BCUT2D eigenvalue weighted by atomic mass is 32.2. The van der Waals surface area contributed by atoms with E-state index in [0.29, 0.717) is 19.0 Å². The van der Waals surface area contributed by atoms with Gasteiger partial charge in [0, 0.05) is 45.1 Å². The van der Waals surface area contributed by atoms with Crippen LogP contribution in [0.2, 0.25) is 0 Å². The van der Waals surface area contributed by atoms with E-state index in [0.717, 1.165) is 12.1 Å². The van der Waals surface area contributed by atoms with Crippen LogP contribution in [0, 0.1) is 0 Å². The summed E-state index contributed by atoms with van der Waals surface area (Å²) in [6.07, 6.45) is -1.41.